The Morgan fingerprint density at radius 1 is 1.16 bits per heavy atom. The van der Waals surface area contributed by atoms with Crippen LogP contribution in [0.3, 0.4) is 0 Å². The van der Waals surface area contributed by atoms with Crippen LogP contribution in [0.15, 0.2) is 0 Å². The number of rotatable bonds is 3. The molecule has 0 radical (unpaired) electrons. The zero-order valence-corrected chi connectivity index (χ0v) is 13.0. The maximum absolute atomic E-state index is 14.7. The van der Waals surface area contributed by atoms with E-state index in [4.69, 9.17) is 0 Å². The minimum Gasteiger partial charge on any atom is -0.306 e. The summed E-state index contributed by atoms with van der Waals surface area (Å²) in [5.74, 6) is 0.159. The quantitative estimate of drug-likeness (QED) is 0.773. The number of likely N-dealkylation sites (tertiary alicyclic amines) is 1. The molecule has 112 valence electrons. The van der Waals surface area contributed by atoms with Crippen molar-refractivity contribution < 1.29 is 4.39 Å². The summed E-state index contributed by atoms with van der Waals surface area (Å²) in [6, 6.07) is 0.640. The Labute approximate surface area is 117 Å². The lowest BCUT2D eigenvalue weighted by molar-refractivity contribution is -0.0120. The lowest BCUT2D eigenvalue weighted by atomic mass is 9.83. The number of halogens is 1. The lowest BCUT2D eigenvalue weighted by Crippen LogP contribution is -2.56. The van der Waals surface area contributed by atoms with Crippen LogP contribution in [0.5, 0.6) is 0 Å². The third kappa shape index (κ3) is 3.67. The highest BCUT2D eigenvalue weighted by Crippen LogP contribution is 2.32. The third-order valence-electron chi connectivity index (χ3n) is 5.18. The van der Waals surface area contributed by atoms with E-state index in [0.29, 0.717) is 12.5 Å². The van der Waals surface area contributed by atoms with Gasteiger partial charge in [0.05, 0.1) is 0 Å². The number of piperidine rings is 1. The highest BCUT2D eigenvalue weighted by atomic mass is 19.1. The molecule has 0 aromatic heterocycles. The molecular formula is C15H30FN3. The van der Waals surface area contributed by atoms with E-state index >= 15 is 0 Å². The van der Waals surface area contributed by atoms with E-state index in [1.54, 1.807) is 6.92 Å². The molecule has 2 aliphatic rings. The SMILES string of the molecule is CCC1CN(CC2CN(C)CCC2(C)F)CCN1C. The van der Waals surface area contributed by atoms with Gasteiger partial charge < -0.3 is 14.7 Å². The van der Waals surface area contributed by atoms with Gasteiger partial charge in [-0.3, -0.25) is 0 Å². The van der Waals surface area contributed by atoms with Crippen LogP contribution in [-0.4, -0.2) is 79.8 Å². The molecule has 4 heteroatoms. The van der Waals surface area contributed by atoms with Crippen LogP contribution in [0.4, 0.5) is 4.39 Å². The van der Waals surface area contributed by atoms with E-state index in [2.05, 4.69) is 35.7 Å². The molecule has 0 aliphatic carbocycles. The highest BCUT2D eigenvalue weighted by molar-refractivity contribution is 4.92. The number of nitrogens with zero attached hydrogens (tertiary/aromatic N) is 3. The number of hydrogen-bond acceptors (Lipinski definition) is 3. The summed E-state index contributed by atoms with van der Waals surface area (Å²) in [4.78, 5) is 7.20. The predicted octanol–water partition coefficient (Wildman–Crippen LogP) is 1.69. The van der Waals surface area contributed by atoms with Crippen molar-refractivity contribution in [3.63, 3.8) is 0 Å². The van der Waals surface area contributed by atoms with Crippen LogP contribution in [-0.2, 0) is 0 Å². The molecule has 3 nitrogen and oxygen atoms in total. The Bertz CT molecular complexity index is 295. The highest BCUT2D eigenvalue weighted by Gasteiger charge is 2.40. The van der Waals surface area contributed by atoms with Gasteiger partial charge in [-0.2, -0.15) is 0 Å². The van der Waals surface area contributed by atoms with E-state index in [1.165, 1.54) is 6.42 Å². The van der Waals surface area contributed by atoms with Crippen molar-refractivity contribution in [1.29, 1.82) is 0 Å². The minimum absolute atomic E-state index is 0.159. The average Bonchev–Trinajstić information content (AvgIpc) is 2.36. The first-order chi connectivity index (χ1) is 8.92. The van der Waals surface area contributed by atoms with Gasteiger partial charge in [0, 0.05) is 51.2 Å². The summed E-state index contributed by atoms with van der Waals surface area (Å²) < 4.78 is 14.7. The summed E-state index contributed by atoms with van der Waals surface area (Å²) in [6.45, 7) is 10.1. The predicted molar refractivity (Wildman–Crippen MR) is 78.3 cm³/mol. The molecule has 0 aromatic rings. The van der Waals surface area contributed by atoms with Crippen molar-refractivity contribution in [1.82, 2.24) is 14.7 Å². The van der Waals surface area contributed by atoms with Gasteiger partial charge in [0.15, 0.2) is 0 Å². The summed E-state index contributed by atoms with van der Waals surface area (Å²) in [5, 5.41) is 0. The van der Waals surface area contributed by atoms with Gasteiger partial charge in [0.25, 0.3) is 0 Å². The maximum atomic E-state index is 14.7. The normalized spacial score (nSPS) is 39.6. The topological polar surface area (TPSA) is 9.72 Å². The number of likely N-dealkylation sites (N-methyl/N-ethyl adjacent to an activating group) is 1. The molecule has 0 saturated carbocycles. The zero-order valence-electron chi connectivity index (χ0n) is 13.0. The Morgan fingerprint density at radius 3 is 2.58 bits per heavy atom. The summed E-state index contributed by atoms with van der Waals surface area (Å²) in [5.41, 5.74) is -0.989. The molecular weight excluding hydrogens is 241 g/mol. The average molecular weight is 271 g/mol. The number of alkyl halides is 1. The Hall–Kier alpha value is -0.190. The fraction of sp³-hybridized carbons (Fsp3) is 1.00. The molecule has 0 amide bonds. The fourth-order valence-electron chi connectivity index (χ4n) is 3.45. The molecule has 2 aliphatic heterocycles. The van der Waals surface area contributed by atoms with Crippen LogP contribution in [0.1, 0.15) is 26.7 Å². The Kier molecular flexibility index (Phi) is 4.85. The molecule has 0 bridgehead atoms. The van der Waals surface area contributed by atoms with Gasteiger partial charge in [0.1, 0.15) is 5.67 Å². The monoisotopic (exact) mass is 271 g/mol. The molecule has 0 spiro atoms. The standard InChI is InChI=1S/C15H30FN3/c1-5-14-12-19(9-8-18(14)4)11-13-10-17(3)7-6-15(13,2)16/h13-14H,5-12H2,1-4H3. The van der Waals surface area contributed by atoms with Crippen molar-refractivity contribution >= 4 is 0 Å². The molecule has 3 atom stereocenters. The van der Waals surface area contributed by atoms with E-state index in [0.717, 1.165) is 39.3 Å². The molecule has 2 fully saturated rings. The largest absolute Gasteiger partial charge is 0.306 e. The molecule has 2 rings (SSSR count). The van der Waals surface area contributed by atoms with Crippen LogP contribution in [0.2, 0.25) is 0 Å². The van der Waals surface area contributed by atoms with Gasteiger partial charge in [-0.25, -0.2) is 4.39 Å². The van der Waals surface area contributed by atoms with Crippen molar-refractivity contribution in [2.75, 3.05) is 53.4 Å². The second kappa shape index (κ2) is 6.06. The molecule has 0 N–H and O–H groups in total. The van der Waals surface area contributed by atoms with Crippen LogP contribution in [0, 0.1) is 5.92 Å². The Morgan fingerprint density at radius 2 is 1.89 bits per heavy atom. The van der Waals surface area contributed by atoms with E-state index < -0.39 is 5.67 Å². The molecule has 0 aromatic carbocycles. The van der Waals surface area contributed by atoms with Gasteiger partial charge >= 0.3 is 0 Å². The van der Waals surface area contributed by atoms with Crippen LogP contribution in [0.25, 0.3) is 0 Å². The molecule has 3 unspecified atom stereocenters. The van der Waals surface area contributed by atoms with E-state index in [9.17, 15) is 4.39 Å². The first-order valence-electron chi connectivity index (χ1n) is 7.72. The summed E-state index contributed by atoms with van der Waals surface area (Å²) in [7, 11) is 4.32. The number of hydrogen-bond donors (Lipinski definition) is 0. The fourth-order valence-corrected chi connectivity index (χ4v) is 3.45. The second-order valence-corrected chi connectivity index (χ2v) is 6.79. The van der Waals surface area contributed by atoms with Crippen molar-refractivity contribution in [2.24, 2.45) is 5.92 Å². The van der Waals surface area contributed by atoms with Gasteiger partial charge in [-0.15, -0.1) is 0 Å². The number of piperazine rings is 1. The van der Waals surface area contributed by atoms with E-state index in [1.807, 2.05) is 0 Å². The summed E-state index contributed by atoms with van der Waals surface area (Å²) in [6.07, 6.45) is 1.86. The van der Waals surface area contributed by atoms with Crippen molar-refractivity contribution in [2.45, 2.75) is 38.4 Å². The van der Waals surface area contributed by atoms with E-state index in [-0.39, 0.29) is 5.92 Å². The summed E-state index contributed by atoms with van der Waals surface area (Å²) >= 11 is 0. The molecule has 2 heterocycles. The van der Waals surface area contributed by atoms with Gasteiger partial charge in [0.2, 0.25) is 0 Å². The van der Waals surface area contributed by atoms with Gasteiger partial charge in [-0.05, 0) is 33.9 Å². The minimum atomic E-state index is -0.989. The van der Waals surface area contributed by atoms with Crippen molar-refractivity contribution in [3.05, 3.63) is 0 Å². The molecule has 19 heavy (non-hydrogen) atoms. The zero-order chi connectivity index (χ0) is 14.0. The van der Waals surface area contributed by atoms with Crippen LogP contribution >= 0.6 is 0 Å². The Balaban J connectivity index is 1.92. The second-order valence-electron chi connectivity index (χ2n) is 6.79. The van der Waals surface area contributed by atoms with Gasteiger partial charge in [-0.1, -0.05) is 6.92 Å². The first kappa shape index (κ1) is 15.2. The maximum Gasteiger partial charge on any atom is 0.114 e. The first-order valence-corrected chi connectivity index (χ1v) is 7.72. The van der Waals surface area contributed by atoms with Crippen molar-refractivity contribution in [3.8, 4) is 0 Å². The third-order valence-corrected chi connectivity index (χ3v) is 5.18. The lowest BCUT2D eigenvalue weighted by Gasteiger charge is -2.45. The van der Waals surface area contributed by atoms with Crippen LogP contribution < -0.4 is 0 Å². The smallest absolute Gasteiger partial charge is 0.114 e. The molecule has 2 saturated heterocycles.